The zero-order valence-electron chi connectivity index (χ0n) is 21.6. The van der Waals surface area contributed by atoms with Gasteiger partial charge >= 0.3 is 5.97 Å². The quantitative estimate of drug-likeness (QED) is 0.389. The first-order valence-electron chi connectivity index (χ1n) is 12.6. The monoisotopic (exact) mass is 502 g/mol. The van der Waals surface area contributed by atoms with Crippen molar-refractivity contribution in [2.24, 2.45) is 11.8 Å². The number of carbonyl (C=O) groups excluding carboxylic acids is 4. The summed E-state index contributed by atoms with van der Waals surface area (Å²) in [5, 5.41) is 5.77. The van der Waals surface area contributed by atoms with Gasteiger partial charge in [-0.2, -0.15) is 0 Å². The highest BCUT2D eigenvalue weighted by molar-refractivity contribution is 5.90. The number of likely N-dealkylation sites (tertiary alicyclic amines) is 1. The molecule has 1 aliphatic carbocycles. The van der Waals surface area contributed by atoms with E-state index < -0.39 is 11.5 Å². The number of carbonyl (C=O) groups is 4. The summed E-state index contributed by atoms with van der Waals surface area (Å²) in [4.78, 5) is 55.1. The SMILES string of the molecule is CN1C(=O)C[C@H](C(=O)NCCOCC(=O)NC2CCC(C(=O)OC(C)(C)C)CC2)[C@H]1c1cccnc1. The molecule has 2 N–H and O–H groups in total. The van der Waals surface area contributed by atoms with Crippen LogP contribution >= 0.6 is 0 Å². The van der Waals surface area contributed by atoms with Crippen molar-refractivity contribution in [3.63, 3.8) is 0 Å². The minimum Gasteiger partial charge on any atom is -0.460 e. The number of esters is 1. The maximum absolute atomic E-state index is 12.8. The fourth-order valence-corrected chi connectivity index (χ4v) is 4.78. The molecule has 0 spiro atoms. The van der Waals surface area contributed by atoms with Crippen LogP contribution in [-0.4, -0.2) is 72.0 Å². The third-order valence-corrected chi connectivity index (χ3v) is 6.56. The molecule has 0 aromatic carbocycles. The first-order chi connectivity index (χ1) is 17.0. The summed E-state index contributed by atoms with van der Waals surface area (Å²) in [6.07, 6.45) is 6.28. The highest BCUT2D eigenvalue weighted by Gasteiger charge is 2.42. The normalized spacial score (nSPS) is 24.3. The van der Waals surface area contributed by atoms with E-state index in [2.05, 4.69) is 15.6 Å². The van der Waals surface area contributed by atoms with Crippen molar-refractivity contribution >= 4 is 23.7 Å². The standard InChI is InChI=1S/C26H38N4O6/c1-26(2,3)36-25(34)17-7-9-19(10-8-17)29-21(31)16-35-13-12-28-24(33)20-14-22(32)30(4)23(20)18-6-5-11-27-15-18/h5-6,11,15,17,19-20,23H,7-10,12-14,16H2,1-4H3,(H,28,33)(H,29,31)/t17?,19?,20-,23+/m0/s1. The van der Waals surface area contributed by atoms with E-state index >= 15 is 0 Å². The summed E-state index contributed by atoms with van der Waals surface area (Å²) in [5.41, 5.74) is 0.323. The summed E-state index contributed by atoms with van der Waals surface area (Å²) >= 11 is 0. The molecule has 2 heterocycles. The molecule has 10 heteroatoms. The van der Waals surface area contributed by atoms with Gasteiger partial charge in [0.15, 0.2) is 0 Å². The maximum Gasteiger partial charge on any atom is 0.309 e. The molecule has 1 saturated carbocycles. The number of ether oxygens (including phenoxy) is 2. The lowest BCUT2D eigenvalue weighted by molar-refractivity contribution is -0.161. The molecule has 36 heavy (non-hydrogen) atoms. The second kappa shape index (κ2) is 12.3. The van der Waals surface area contributed by atoms with Crippen LogP contribution in [0.1, 0.15) is 64.5 Å². The Kier molecular flexibility index (Phi) is 9.42. The molecule has 2 atom stereocenters. The van der Waals surface area contributed by atoms with Gasteiger partial charge in [-0.25, -0.2) is 0 Å². The number of nitrogens with zero attached hydrogens (tertiary/aromatic N) is 2. The summed E-state index contributed by atoms with van der Waals surface area (Å²) < 4.78 is 10.9. The van der Waals surface area contributed by atoms with Crippen LogP contribution in [0.25, 0.3) is 0 Å². The molecule has 2 aliphatic rings. The molecule has 2 fully saturated rings. The van der Waals surface area contributed by atoms with E-state index in [0.717, 1.165) is 18.4 Å². The van der Waals surface area contributed by atoms with Gasteiger partial charge in [0, 0.05) is 38.4 Å². The number of hydrogen-bond donors (Lipinski definition) is 2. The minimum atomic E-state index is -0.509. The summed E-state index contributed by atoms with van der Waals surface area (Å²) in [5.74, 6) is -1.33. The van der Waals surface area contributed by atoms with Crippen LogP contribution in [0.3, 0.4) is 0 Å². The Bertz CT molecular complexity index is 924. The average molecular weight is 503 g/mol. The summed E-state index contributed by atoms with van der Waals surface area (Å²) in [6, 6.07) is 3.30. The Labute approximate surface area is 212 Å². The highest BCUT2D eigenvalue weighted by atomic mass is 16.6. The van der Waals surface area contributed by atoms with Gasteiger partial charge in [0.1, 0.15) is 12.2 Å². The van der Waals surface area contributed by atoms with Crippen LogP contribution < -0.4 is 10.6 Å². The fourth-order valence-electron chi connectivity index (χ4n) is 4.78. The molecule has 1 aromatic heterocycles. The second-order valence-corrected chi connectivity index (χ2v) is 10.5. The highest BCUT2D eigenvalue weighted by Crippen LogP contribution is 2.36. The van der Waals surface area contributed by atoms with Crippen molar-refractivity contribution < 1.29 is 28.7 Å². The van der Waals surface area contributed by atoms with Crippen LogP contribution in [0.15, 0.2) is 24.5 Å². The maximum atomic E-state index is 12.8. The molecule has 0 bridgehead atoms. The lowest BCUT2D eigenvalue weighted by atomic mass is 9.86. The Balaban J connectivity index is 1.32. The second-order valence-electron chi connectivity index (χ2n) is 10.5. The van der Waals surface area contributed by atoms with Crippen molar-refractivity contribution in [2.45, 2.75) is 70.6 Å². The van der Waals surface area contributed by atoms with E-state index in [1.807, 2.05) is 26.8 Å². The first kappa shape index (κ1) is 27.6. The van der Waals surface area contributed by atoms with Gasteiger partial charge in [0.2, 0.25) is 17.7 Å². The van der Waals surface area contributed by atoms with E-state index in [1.54, 1.807) is 30.4 Å². The van der Waals surface area contributed by atoms with E-state index in [4.69, 9.17) is 9.47 Å². The Morgan fingerprint density at radius 3 is 2.53 bits per heavy atom. The number of pyridine rings is 1. The van der Waals surface area contributed by atoms with Gasteiger partial charge in [-0.15, -0.1) is 0 Å². The lowest BCUT2D eigenvalue weighted by Gasteiger charge is -2.30. The number of rotatable bonds is 9. The van der Waals surface area contributed by atoms with Crippen LogP contribution in [0.4, 0.5) is 0 Å². The molecular weight excluding hydrogens is 464 g/mol. The van der Waals surface area contributed by atoms with Gasteiger partial charge in [0.05, 0.1) is 24.5 Å². The molecule has 3 rings (SSSR count). The molecule has 0 unspecified atom stereocenters. The van der Waals surface area contributed by atoms with Gasteiger partial charge in [-0.3, -0.25) is 24.2 Å². The topological polar surface area (TPSA) is 127 Å². The molecule has 0 radical (unpaired) electrons. The molecule has 3 amide bonds. The number of hydrogen-bond acceptors (Lipinski definition) is 7. The number of nitrogens with one attached hydrogen (secondary N) is 2. The zero-order valence-corrected chi connectivity index (χ0v) is 21.6. The van der Waals surface area contributed by atoms with E-state index in [0.29, 0.717) is 12.8 Å². The average Bonchev–Trinajstić information content (AvgIpc) is 3.13. The van der Waals surface area contributed by atoms with Gasteiger partial charge < -0.3 is 25.0 Å². The van der Waals surface area contributed by atoms with E-state index in [9.17, 15) is 19.2 Å². The Hall–Kier alpha value is -3.01. The largest absolute Gasteiger partial charge is 0.460 e. The van der Waals surface area contributed by atoms with E-state index in [-0.39, 0.29) is 67.9 Å². The molecule has 1 aromatic rings. The Morgan fingerprint density at radius 1 is 1.17 bits per heavy atom. The molecular formula is C26H38N4O6. The van der Waals surface area contributed by atoms with E-state index in [1.165, 1.54) is 0 Å². The van der Waals surface area contributed by atoms with Gasteiger partial charge in [-0.05, 0) is 58.1 Å². The third-order valence-electron chi connectivity index (χ3n) is 6.56. The first-order valence-corrected chi connectivity index (χ1v) is 12.6. The summed E-state index contributed by atoms with van der Waals surface area (Å²) in [7, 11) is 1.69. The zero-order chi connectivity index (χ0) is 26.3. The Morgan fingerprint density at radius 2 is 1.89 bits per heavy atom. The predicted octanol–water partition coefficient (Wildman–Crippen LogP) is 1.75. The van der Waals surface area contributed by atoms with Crippen molar-refractivity contribution in [1.82, 2.24) is 20.5 Å². The molecule has 1 aliphatic heterocycles. The number of aromatic nitrogens is 1. The predicted molar refractivity (Wildman–Crippen MR) is 131 cm³/mol. The molecule has 10 nitrogen and oxygen atoms in total. The minimum absolute atomic E-state index is 0.0146. The van der Waals surface area contributed by atoms with Crippen molar-refractivity contribution in [3.05, 3.63) is 30.1 Å². The third kappa shape index (κ3) is 7.74. The van der Waals surface area contributed by atoms with Crippen LogP contribution in [0, 0.1) is 11.8 Å². The number of amides is 3. The fraction of sp³-hybridized carbons (Fsp3) is 0.654. The van der Waals surface area contributed by atoms with Crippen LogP contribution in [0.2, 0.25) is 0 Å². The van der Waals surface area contributed by atoms with Crippen LogP contribution in [-0.2, 0) is 28.7 Å². The smallest absolute Gasteiger partial charge is 0.309 e. The van der Waals surface area contributed by atoms with Crippen molar-refractivity contribution in [3.8, 4) is 0 Å². The lowest BCUT2D eigenvalue weighted by Crippen LogP contribution is -2.41. The summed E-state index contributed by atoms with van der Waals surface area (Å²) in [6.45, 7) is 5.88. The van der Waals surface area contributed by atoms with Crippen molar-refractivity contribution in [2.75, 3.05) is 26.8 Å². The van der Waals surface area contributed by atoms with Gasteiger partial charge in [0.25, 0.3) is 0 Å². The molecule has 1 saturated heterocycles. The molecule has 198 valence electrons. The van der Waals surface area contributed by atoms with Crippen molar-refractivity contribution in [1.29, 1.82) is 0 Å². The van der Waals surface area contributed by atoms with Gasteiger partial charge in [-0.1, -0.05) is 6.07 Å². The van der Waals surface area contributed by atoms with Crippen LogP contribution in [0.5, 0.6) is 0 Å².